The maximum absolute atomic E-state index is 12.4. The number of nitrogens with zero attached hydrogens (tertiary/aromatic N) is 2. The molecular formula is C20H15N3O3S. The maximum Gasteiger partial charge on any atom is 0.262 e. The van der Waals surface area contributed by atoms with Gasteiger partial charge in [-0.25, -0.2) is 0 Å². The van der Waals surface area contributed by atoms with Crippen molar-refractivity contribution in [2.45, 2.75) is 0 Å². The Labute approximate surface area is 159 Å². The first-order valence-electron chi connectivity index (χ1n) is 8.16. The Hall–Kier alpha value is -3.45. The Balaban J connectivity index is 1.88. The van der Waals surface area contributed by atoms with Crippen LogP contribution in [0, 0.1) is 4.77 Å². The van der Waals surface area contributed by atoms with Crippen molar-refractivity contribution in [1.82, 2.24) is 9.55 Å². The van der Waals surface area contributed by atoms with Crippen LogP contribution in [0.25, 0.3) is 17.3 Å². The number of fused-ring (bicyclic) bond motifs is 1. The van der Waals surface area contributed by atoms with E-state index in [1.807, 2.05) is 24.3 Å². The van der Waals surface area contributed by atoms with Gasteiger partial charge in [0, 0.05) is 17.4 Å². The molecule has 0 bridgehead atoms. The predicted octanol–water partition coefficient (Wildman–Crippen LogP) is 3.87. The lowest BCUT2D eigenvalue weighted by Gasteiger charge is -2.12. The molecule has 1 aliphatic heterocycles. The average Bonchev–Trinajstić information content (AvgIpc) is 3.08. The summed E-state index contributed by atoms with van der Waals surface area (Å²) in [5.74, 6) is 0.439. The molecule has 0 radical (unpaired) electrons. The summed E-state index contributed by atoms with van der Waals surface area (Å²) in [6, 6.07) is 14.6. The lowest BCUT2D eigenvalue weighted by atomic mass is 10.1. The minimum atomic E-state index is -0.465. The van der Waals surface area contributed by atoms with Crippen LogP contribution >= 0.6 is 12.2 Å². The number of hydrogen-bond acceptors (Lipinski definition) is 5. The van der Waals surface area contributed by atoms with Crippen LogP contribution in [0.5, 0.6) is 11.6 Å². The molecule has 0 atom stereocenters. The molecule has 0 amide bonds. The normalized spacial score (nSPS) is 13.7. The third kappa shape index (κ3) is 2.98. The van der Waals surface area contributed by atoms with E-state index in [0.717, 1.165) is 16.8 Å². The number of aromatic hydroxyl groups is 1. The number of hydrogen-bond donors (Lipinski definition) is 2. The molecule has 4 rings (SSSR count). The highest BCUT2D eigenvalue weighted by molar-refractivity contribution is 7.71. The van der Waals surface area contributed by atoms with Crippen LogP contribution in [0.1, 0.15) is 11.1 Å². The van der Waals surface area contributed by atoms with Crippen molar-refractivity contribution in [1.29, 1.82) is 0 Å². The van der Waals surface area contributed by atoms with E-state index in [9.17, 15) is 9.90 Å². The molecule has 0 aliphatic carbocycles. The van der Waals surface area contributed by atoms with E-state index in [0.29, 0.717) is 11.4 Å². The number of ether oxygens (including phenoxy) is 1. The van der Waals surface area contributed by atoms with Gasteiger partial charge in [-0.1, -0.05) is 18.2 Å². The number of para-hydroxylation sites is 1. The number of nitrogens with one attached hydrogen (secondary N) is 1. The van der Waals surface area contributed by atoms with E-state index >= 15 is 0 Å². The van der Waals surface area contributed by atoms with Crippen LogP contribution in [0.15, 0.2) is 58.3 Å². The van der Waals surface area contributed by atoms with E-state index in [2.05, 4.69) is 9.98 Å². The number of aromatic nitrogens is 2. The Morgan fingerprint density at radius 2 is 1.93 bits per heavy atom. The molecule has 27 heavy (non-hydrogen) atoms. The molecule has 2 heterocycles. The van der Waals surface area contributed by atoms with Gasteiger partial charge in [-0.15, -0.1) is 0 Å². The molecule has 2 aromatic carbocycles. The summed E-state index contributed by atoms with van der Waals surface area (Å²) in [7, 11) is 1.57. The third-order valence-corrected chi connectivity index (χ3v) is 4.59. The van der Waals surface area contributed by atoms with Crippen molar-refractivity contribution >= 4 is 35.8 Å². The Bertz CT molecular complexity index is 1200. The summed E-state index contributed by atoms with van der Waals surface area (Å²) in [4.78, 5) is 19.4. The maximum atomic E-state index is 12.4. The lowest BCUT2D eigenvalue weighted by molar-refractivity contribution is 0.414. The zero-order chi connectivity index (χ0) is 19.0. The number of benzene rings is 2. The van der Waals surface area contributed by atoms with Gasteiger partial charge < -0.3 is 9.84 Å². The number of rotatable bonds is 3. The molecule has 7 heteroatoms. The number of aliphatic imine (C=N–C) groups is 1. The molecule has 0 saturated carbocycles. The summed E-state index contributed by atoms with van der Waals surface area (Å²) in [6.45, 7) is 0. The molecule has 0 fully saturated rings. The molecule has 6 nitrogen and oxygen atoms in total. The van der Waals surface area contributed by atoms with Gasteiger partial charge in [0.25, 0.3) is 5.56 Å². The number of aromatic amines is 1. The highest BCUT2D eigenvalue weighted by atomic mass is 32.1. The van der Waals surface area contributed by atoms with E-state index in [-0.39, 0.29) is 16.2 Å². The van der Waals surface area contributed by atoms with Crippen molar-refractivity contribution in [3.63, 3.8) is 0 Å². The Morgan fingerprint density at radius 3 is 2.67 bits per heavy atom. The molecule has 1 aromatic heterocycles. The molecular weight excluding hydrogens is 362 g/mol. The first-order valence-corrected chi connectivity index (χ1v) is 8.57. The standard InChI is InChI=1S/C20H15N3O3S/c1-26-14-8-6-13(7-9-14)23-19(25)16(18(24)22-20(23)27)10-12-11-21-17-5-3-2-4-15(12)17/h2-11,25H,1H3,(H,22,24,27). The molecule has 0 spiro atoms. The Kier molecular flexibility index (Phi) is 4.21. The van der Waals surface area contributed by atoms with Crippen LogP contribution < -0.4 is 10.3 Å². The molecule has 0 unspecified atom stereocenters. The van der Waals surface area contributed by atoms with Crippen LogP contribution in [0.4, 0.5) is 5.69 Å². The highest BCUT2D eigenvalue weighted by Gasteiger charge is 2.16. The topological polar surface area (TPSA) is 79.6 Å². The fourth-order valence-corrected chi connectivity index (χ4v) is 3.23. The quantitative estimate of drug-likeness (QED) is 0.679. The first kappa shape index (κ1) is 17.0. The van der Waals surface area contributed by atoms with E-state index in [1.54, 1.807) is 43.7 Å². The number of methoxy groups -OCH3 is 1. The van der Waals surface area contributed by atoms with E-state index in [1.165, 1.54) is 4.57 Å². The smallest absolute Gasteiger partial charge is 0.262 e. The van der Waals surface area contributed by atoms with Crippen molar-refractivity contribution < 1.29 is 9.84 Å². The van der Waals surface area contributed by atoms with Gasteiger partial charge in [0.05, 0.1) is 18.5 Å². The van der Waals surface area contributed by atoms with Gasteiger partial charge in [-0.3, -0.25) is 19.3 Å². The second-order valence-corrected chi connectivity index (χ2v) is 6.29. The van der Waals surface area contributed by atoms with Crippen LogP contribution in [-0.4, -0.2) is 28.0 Å². The minimum Gasteiger partial charge on any atom is -0.497 e. The number of H-pyrrole nitrogens is 1. The summed E-state index contributed by atoms with van der Waals surface area (Å²) in [5.41, 5.74) is 2.71. The lowest BCUT2D eigenvalue weighted by Crippen LogP contribution is -2.16. The second kappa shape index (κ2) is 6.69. The van der Waals surface area contributed by atoms with Crippen LogP contribution in [0.2, 0.25) is 0 Å². The molecule has 0 saturated heterocycles. The molecule has 3 aromatic rings. The summed E-state index contributed by atoms with van der Waals surface area (Å²) >= 11 is 5.24. The summed E-state index contributed by atoms with van der Waals surface area (Å²) in [6.07, 6.45) is 3.28. The Morgan fingerprint density at radius 1 is 1.19 bits per heavy atom. The van der Waals surface area contributed by atoms with Crippen molar-refractivity contribution in [2.24, 2.45) is 4.99 Å². The first-order chi connectivity index (χ1) is 13.1. The van der Waals surface area contributed by atoms with E-state index in [4.69, 9.17) is 17.0 Å². The monoisotopic (exact) mass is 377 g/mol. The third-order valence-electron chi connectivity index (χ3n) is 4.31. The van der Waals surface area contributed by atoms with Gasteiger partial charge in [0.1, 0.15) is 11.3 Å². The summed E-state index contributed by atoms with van der Waals surface area (Å²) in [5, 5.41) is 10.8. The largest absolute Gasteiger partial charge is 0.497 e. The van der Waals surface area contributed by atoms with Crippen molar-refractivity contribution in [3.8, 4) is 17.3 Å². The minimum absolute atomic E-state index is 0.102. The van der Waals surface area contributed by atoms with Crippen molar-refractivity contribution in [2.75, 3.05) is 7.11 Å². The average molecular weight is 377 g/mol. The predicted molar refractivity (Wildman–Crippen MR) is 108 cm³/mol. The summed E-state index contributed by atoms with van der Waals surface area (Å²) < 4.78 is 6.66. The molecule has 1 aliphatic rings. The zero-order valence-electron chi connectivity index (χ0n) is 14.3. The fourth-order valence-electron chi connectivity index (χ4n) is 2.95. The van der Waals surface area contributed by atoms with Gasteiger partial charge in [-0.2, -0.15) is 0 Å². The fraction of sp³-hybridized carbons (Fsp3) is 0.0500. The number of allylic oxidation sites excluding steroid dienone is 1. The molecule has 2 N–H and O–H groups in total. The molecule has 134 valence electrons. The van der Waals surface area contributed by atoms with E-state index < -0.39 is 5.56 Å². The highest BCUT2D eigenvalue weighted by Crippen LogP contribution is 2.33. The van der Waals surface area contributed by atoms with Gasteiger partial charge in [-0.05, 0) is 48.6 Å². The zero-order valence-corrected chi connectivity index (χ0v) is 15.2. The van der Waals surface area contributed by atoms with Gasteiger partial charge >= 0.3 is 0 Å². The second-order valence-electron chi connectivity index (χ2n) is 5.91. The SMILES string of the molecule is COc1ccc(-n2c(O)c(C=C3C=Nc4ccccc43)c(=O)[nH]c2=S)cc1. The van der Waals surface area contributed by atoms with Crippen LogP contribution in [0.3, 0.4) is 0 Å². The van der Waals surface area contributed by atoms with Gasteiger partial charge in [0.15, 0.2) is 4.77 Å². The van der Waals surface area contributed by atoms with Gasteiger partial charge in [0.2, 0.25) is 5.88 Å². The van der Waals surface area contributed by atoms with Crippen LogP contribution in [-0.2, 0) is 0 Å². The van der Waals surface area contributed by atoms with Crippen molar-refractivity contribution in [3.05, 3.63) is 74.8 Å².